The number of rotatable bonds is 5. The van der Waals surface area contributed by atoms with Crippen molar-refractivity contribution in [3.8, 4) is 0 Å². The molecule has 90 valence electrons. The average Bonchev–Trinajstić information content (AvgIpc) is 2.23. The fourth-order valence-corrected chi connectivity index (χ4v) is 1.64. The van der Waals surface area contributed by atoms with Crippen molar-refractivity contribution in [1.82, 2.24) is 9.55 Å². The first kappa shape index (κ1) is 13.6. The molecule has 1 aromatic heterocycles. The number of hydrogen-bond donors (Lipinski definition) is 0. The molecule has 0 aromatic carbocycles. The zero-order valence-corrected chi connectivity index (χ0v) is 12.0. The van der Waals surface area contributed by atoms with Gasteiger partial charge in [0.2, 0.25) is 0 Å². The quantitative estimate of drug-likeness (QED) is 0.609. The molecular formula is C11H17IN2O2. The van der Waals surface area contributed by atoms with Crippen LogP contribution >= 0.6 is 22.6 Å². The van der Waals surface area contributed by atoms with E-state index in [4.69, 9.17) is 4.74 Å². The Morgan fingerprint density at radius 2 is 2.25 bits per heavy atom. The summed E-state index contributed by atoms with van der Waals surface area (Å²) in [6, 6.07) is 0. The minimum Gasteiger partial charge on any atom is -0.379 e. The molecule has 16 heavy (non-hydrogen) atoms. The van der Waals surface area contributed by atoms with Gasteiger partial charge in [-0.25, -0.2) is 4.98 Å². The third-order valence-corrected chi connectivity index (χ3v) is 3.33. The highest BCUT2D eigenvalue weighted by Gasteiger charge is 2.04. The second-order valence-electron chi connectivity index (χ2n) is 4.11. The Kier molecular flexibility index (Phi) is 5.40. The molecule has 1 heterocycles. The lowest BCUT2D eigenvalue weighted by Gasteiger charge is -2.09. The highest BCUT2D eigenvalue weighted by molar-refractivity contribution is 14.1. The zero-order valence-electron chi connectivity index (χ0n) is 9.86. The number of aromatic nitrogens is 2. The number of aryl methyl sites for hydroxylation is 1. The van der Waals surface area contributed by atoms with Crippen molar-refractivity contribution in [3.05, 3.63) is 25.9 Å². The van der Waals surface area contributed by atoms with E-state index in [1.54, 1.807) is 10.9 Å². The van der Waals surface area contributed by atoms with Crippen molar-refractivity contribution in [3.63, 3.8) is 0 Å². The fourth-order valence-electron chi connectivity index (χ4n) is 1.19. The highest BCUT2D eigenvalue weighted by atomic mass is 127. The van der Waals surface area contributed by atoms with Crippen molar-refractivity contribution in [2.75, 3.05) is 13.2 Å². The van der Waals surface area contributed by atoms with Gasteiger partial charge < -0.3 is 4.74 Å². The lowest BCUT2D eigenvalue weighted by atomic mass is 10.2. The van der Waals surface area contributed by atoms with Crippen LogP contribution in [-0.4, -0.2) is 22.8 Å². The van der Waals surface area contributed by atoms with Gasteiger partial charge in [0, 0.05) is 6.61 Å². The molecule has 0 saturated heterocycles. The van der Waals surface area contributed by atoms with Crippen molar-refractivity contribution in [2.45, 2.75) is 27.3 Å². The highest BCUT2D eigenvalue weighted by Crippen LogP contribution is 2.01. The summed E-state index contributed by atoms with van der Waals surface area (Å²) in [6.07, 6.45) is 1.58. The van der Waals surface area contributed by atoms with Gasteiger partial charge in [0.25, 0.3) is 5.56 Å². The molecule has 0 saturated carbocycles. The predicted molar refractivity (Wildman–Crippen MR) is 71.6 cm³/mol. The molecule has 4 nitrogen and oxygen atoms in total. The van der Waals surface area contributed by atoms with Gasteiger partial charge in [-0.15, -0.1) is 0 Å². The maximum atomic E-state index is 11.8. The number of halogens is 1. The lowest BCUT2D eigenvalue weighted by Crippen LogP contribution is -2.26. The minimum atomic E-state index is 0.0150. The first-order chi connectivity index (χ1) is 7.52. The van der Waals surface area contributed by atoms with Gasteiger partial charge >= 0.3 is 0 Å². The van der Waals surface area contributed by atoms with Crippen LogP contribution in [0.1, 0.15) is 19.5 Å². The third kappa shape index (κ3) is 3.86. The Morgan fingerprint density at radius 1 is 1.56 bits per heavy atom. The number of ether oxygens (including phenoxy) is 1. The predicted octanol–water partition coefficient (Wildman–Crippen LogP) is 1.83. The maximum absolute atomic E-state index is 11.8. The van der Waals surface area contributed by atoms with E-state index in [1.165, 1.54) is 0 Å². The van der Waals surface area contributed by atoms with Crippen LogP contribution in [0.4, 0.5) is 0 Å². The first-order valence-corrected chi connectivity index (χ1v) is 6.39. The molecule has 1 rings (SSSR count). The van der Waals surface area contributed by atoms with Crippen LogP contribution in [-0.2, 0) is 11.3 Å². The number of hydrogen-bond acceptors (Lipinski definition) is 3. The van der Waals surface area contributed by atoms with Crippen LogP contribution in [0, 0.1) is 16.4 Å². The van der Waals surface area contributed by atoms with Gasteiger partial charge in [-0.05, 0) is 35.4 Å². The molecule has 0 aliphatic rings. The second-order valence-corrected chi connectivity index (χ2v) is 5.19. The summed E-state index contributed by atoms with van der Waals surface area (Å²) in [5.74, 6) is 0.521. The van der Waals surface area contributed by atoms with Gasteiger partial charge in [-0.2, -0.15) is 0 Å². The normalized spacial score (nSPS) is 11.1. The van der Waals surface area contributed by atoms with Gasteiger partial charge in [-0.1, -0.05) is 13.8 Å². The summed E-state index contributed by atoms with van der Waals surface area (Å²) in [7, 11) is 0. The molecule has 0 unspecified atom stereocenters. The van der Waals surface area contributed by atoms with E-state index in [0.29, 0.717) is 22.6 Å². The summed E-state index contributed by atoms with van der Waals surface area (Å²) in [5.41, 5.74) is 0.797. The monoisotopic (exact) mass is 336 g/mol. The molecule has 0 bridgehead atoms. The summed E-state index contributed by atoms with van der Waals surface area (Å²) in [4.78, 5) is 15.9. The van der Waals surface area contributed by atoms with Crippen molar-refractivity contribution >= 4 is 22.6 Å². The van der Waals surface area contributed by atoms with E-state index >= 15 is 0 Å². The molecule has 0 aliphatic carbocycles. The van der Waals surface area contributed by atoms with Crippen molar-refractivity contribution < 1.29 is 4.74 Å². The van der Waals surface area contributed by atoms with E-state index < -0.39 is 0 Å². The molecule has 0 fully saturated rings. The maximum Gasteiger partial charge on any atom is 0.267 e. The van der Waals surface area contributed by atoms with E-state index in [2.05, 4.69) is 18.8 Å². The van der Waals surface area contributed by atoms with E-state index in [1.807, 2.05) is 29.5 Å². The average molecular weight is 336 g/mol. The largest absolute Gasteiger partial charge is 0.379 e. The summed E-state index contributed by atoms with van der Waals surface area (Å²) in [5, 5.41) is 0. The summed E-state index contributed by atoms with van der Waals surface area (Å²) in [6.45, 7) is 7.88. The molecule has 1 aromatic rings. The van der Waals surface area contributed by atoms with Gasteiger partial charge in [0.15, 0.2) is 0 Å². The number of nitrogens with zero attached hydrogens (tertiary/aromatic N) is 2. The van der Waals surface area contributed by atoms with Crippen LogP contribution in [0.25, 0.3) is 0 Å². The topological polar surface area (TPSA) is 44.1 Å². The van der Waals surface area contributed by atoms with Gasteiger partial charge in [0.05, 0.1) is 28.7 Å². The SMILES string of the molecule is Cc1ncn(CCOCC(C)C)c(=O)c1I. The molecule has 0 N–H and O–H groups in total. The molecule has 0 spiro atoms. The molecule has 0 radical (unpaired) electrons. The Balaban J connectivity index is 2.55. The Bertz CT molecular complexity index is 401. The zero-order chi connectivity index (χ0) is 12.1. The lowest BCUT2D eigenvalue weighted by molar-refractivity contribution is 0.102. The van der Waals surface area contributed by atoms with Crippen molar-refractivity contribution in [1.29, 1.82) is 0 Å². The molecule has 0 aliphatic heterocycles. The first-order valence-electron chi connectivity index (χ1n) is 5.31. The Labute approximate surface area is 109 Å². The molecule has 0 amide bonds. The second kappa shape index (κ2) is 6.34. The smallest absolute Gasteiger partial charge is 0.267 e. The molecule has 0 atom stereocenters. The van der Waals surface area contributed by atoms with Crippen LogP contribution in [0.3, 0.4) is 0 Å². The Morgan fingerprint density at radius 3 is 2.88 bits per heavy atom. The van der Waals surface area contributed by atoms with Crippen molar-refractivity contribution in [2.24, 2.45) is 5.92 Å². The Hall–Kier alpha value is -0.430. The van der Waals surface area contributed by atoms with Gasteiger partial charge in [-0.3, -0.25) is 9.36 Å². The molecular weight excluding hydrogens is 319 g/mol. The van der Waals surface area contributed by atoms with Crippen LogP contribution < -0.4 is 5.56 Å². The van der Waals surface area contributed by atoms with Crippen LogP contribution in [0.15, 0.2) is 11.1 Å². The van der Waals surface area contributed by atoms with E-state index in [-0.39, 0.29) is 5.56 Å². The van der Waals surface area contributed by atoms with E-state index in [9.17, 15) is 4.79 Å². The minimum absolute atomic E-state index is 0.0150. The standard InChI is InChI=1S/C11H17IN2O2/c1-8(2)6-16-5-4-14-7-13-9(3)10(12)11(14)15/h7-8H,4-6H2,1-3H3. The third-order valence-electron chi connectivity index (χ3n) is 2.08. The van der Waals surface area contributed by atoms with Crippen LogP contribution in [0.5, 0.6) is 0 Å². The molecule has 5 heteroatoms. The summed E-state index contributed by atoms with van der Waals surface area (Å²) >= 11 is 2.03. The summed E-state index contributed by atoms with van der Waals surface area (Å²) < 4.78 is 7.71. The fraction of sp³-hybridized carbons (Fsp3) is 0.636. The van der Waals surface area contributed by atoms with Crippen LogP contribution in [0.2, 0.25) is 0 Å². The van der Waals surface area contributed by atoms with Gasteiger partial charge in [0.1, 0.15) is 0 Å². The van der Waals surface area contributed by atoms with E-state index in [0.717, 1.165) is 12.3 Å².